The van der Waals surface area contributed by atoms with E-state index in [0.29, 0.717) is 20.8 Å². The van der Waals surface area contributed by atoms with E-state index >= 15 is 0 Å². The van der Waals surface area contributed by atoms with Gasteiger partial charge in [0.25, 0.3) is 0 Å². The van der Waals surface area contributed by atoms with Crippen molar-refractivity contribution in [3.05, 3.63) is 20.3 Å². The number of thiophene rings is 1. The second-order valence-electron chi connectivity index (χ2n) is 4.83. The maximum Gasteiger partial charge on any atom is 0.222 e. The lowest BCUT2D eigenvalue weighted by atomic mass is 9.95. The lowest BCUT2D eigenvalue weighted by molar-refractivity contribution is -0.125. The third-order valence-electron chi connectivity index (χ3n) is 3.53. The molecule has 2 heterocycles. The highest BCUT2D eigenvalue weighted by atomic mass is 35.5. The predicted octanol–water partition coefficient (Wildman–Crippen LogP) is 2.70. The van der Waals surface area contributed by atoms with Gasteiger partial charge in [-0.2, -0.15) is 0 Å². The summed E-state index contributed by atoms with van der Waals surface area (Å²) >= 11 is 13.0. The quantitative estimate of drug-likeness (QED) is 0.861. The van der Waals surface area contributed by atoms with Crippen LogP contribution in [0.1, 0.15) is 23.2 Å². The van der Waals surface area contributed by atoms with E-state index in [-0.39, 0.29) is 17.6 Å². The van der Waals surface area contributed by atoms with Gasteiger partial charge in [-0.1, -0.05) is 23.2 Å². The van der Waals surface area contributed by atoms with Crippen LogP contribution in [0.4, 0.5) is 0 Å². The highest BCUT2D eigenvalue weighted by Gasteiger charge is 2.26. The fourth-order valence-electron chi connectivity index (χ4n) is 2.38. The summed E-state index contributed by atoms with van der Waals surface area (Å²) in [4.78, 5) is 25.8. The van der Waals surface area contributed by atoms with Crippen LogP contribution in [0.3, 0.4) is 0 Å². The third kappa shape index (κ3) is 3.73. The summed E-state index contributed by atoms with van der Waals surface area (Å²) in [5.41, 5.74) is 0.495. The summed E-state index contributed by atoms with van der Waals surface area (Å²) in [6.45, 7) is 1.83. The Morgan fingerprint density at radius 2 is 2.05 bits per heavy atom. The molecule has 0 aliphatic carbocycles. The number of hydrogen-bond acceptors (Lipinski definition) is 4. The van der Waals surface area contributed by atoms with E-state index in [9.17, 15) is 9.59 Å². The number of Topliss-reactive ketones (excluding diaryl/α,β-unsaturated/α-hetero) is 1. The van der Waals surface area contributed by atoms with Crippen LogP contribution in [0, 0.1) is 5.92 Å². The van der Waals surface area contributed by atoms with Crippen LogP contribution < -0.4 is 5.32 Å². The van der Waals surface area contributed by atoms with Gasteiger partial charge >= 0.3 is 0 Å². The summed E-state index contributed by atoms with van der Waals surface area (Å²) in [7, 11) is 1.65. The zero-order valence-corrected chi connectivity index (χ0v) is 13.4. The summed E-state index contributed by atoms with van der Waals surface area (Å²) in [5.74, 6) is 0.130. The molecule has 2 rings (SSSR count). The summed E-state index contributed by atoms with van der Waals surface area (Å²) in [6, 6.07) is 1.62. The van der Waals surface area contributed by atoms with Gasteiger partial charge in [-0.3, -0.25) is 14.5 Å². The molecule has 1 aliphatic heterocycles. The number of amides is 1. The molecule has 0 saturated carbocycles. The van der Waals surface area contributed by atoms with E-state index in [1.807, 2.05) is 0 Å². The molecule has 1 fully saturated rings. The van der Waals surface area contributed by atoms with Gasteiger partial charge in [-0.25, -0.2) is 0 Å². The minimum absolute atomic E-state index is 0.0171. The Bertz CT molecular complexity index is 510. The fourth-order valence-corrected chi connectivity index (χ4v) is 3.88. The van der Waals surface area contributed by atoms with Crippen molar-refractivity contribution in [2.75, 3.05) is 26.7 Å². The molecular weight excluding hydrogens is 319 g/mol. The van der Waals surface area contributed by atoms with E-state index in [2.05, 4.69) is 10.2 Å². The molecule has 20 heavy (non-hydrogen) atoms. The average Bonchev–Trinajstić information content (AvgIpc) is 2.78. The molecule has 1 saturated heterocycles. The molecule has 1 aromatic heterocycles. The molecule has 1 N–H and O–H groups in total. The summed E-state index contributed by atoms with van der Waals surface area (Å²) in [6.07, 6.45) is 1.57. The second-order valence-corrected chi connectivity index (χ2v) is 7.11. The second kappa shape index (κ2) is 6.89. The normalized spacial score (nSPS) is 17.1. The van der Waals surface area contributed by atoms with Crippen LogP contribution >= 0.6 is 34.5 Å². The summed E-state index contributed by atoms with van der Waals surface area (Å²) in [5, 5.41) is 2.67. The first kappa shape index (κ1) is 15.8. The number of nitrogens with zero attached hydrogens (tertiary/aromatic N) is 1. The number of carbonyl (C=O) groups is 2. The van der Waals surface area contributed by atoms with Crippen LogP contribution in [-0.4, -0.2) is 43.3 Å². The Morgan fingerprint density at radius 3 is 2.55 bits per heavy atom. The highest BCUT2D eigenvalue weighted by molar-refractivity contribution is 7.20. The van der Waals surface area contributed by atoms with Gasteiger partial charge in [0.05, 0.1) is 16.4 Å². The molecule has 0 bridgehead atoms. The summed E-state index contributed by atoms with van der Waals surface area (Å²) < 4.78 is 0.969. The number of hydrogen-bond donors (Lipinski definition) is 1. The molecule has 0 radical (unpaired) electrons. The van der Waals surface area contributed by atoms with Crippen molar-refractivity contribution < 1.29 is 9.59 Å². The molecule has 1 aliphatic rings. The topological polar surface area (TPSA) is 49.4 Å². The predicted molar refractivity (Wildman–Crippen MR) is 81.9 cm³/mol. The lowest BCUT2D eigenvalue weighted by Gasteiger charge is -2.30. The number of carbonyl (C=O) groups excluding carboxylic acids is 2. The van der Waals surface area contributed by atoms with Crippen LogP contribution in [0.2, 0.25) is 8.67 Å². The standard InChI is InChI=1S/C13H16Cl2N2O2S/c1-16-13(19)8-2-4-17(5-3-8)7-10(18)9-6-11(14)20-12(9)15/h6,8H,2-5,7H2,1H3,(H,16,19). The monoisotopic (exact) mass is 334 g/mol. The third-order valence-corrected chi connectivity index (χ3v) is 5.02. The van der Waals surface area contributed by atoms with E-state index in [0.717, 1.165) is 25.9 Å². The Hall–Kier alpha value is -0.620. The minimum Gasteiger partial charge on any atom is -0.359 e. The first-order chi connectivity index (χ1) is 9.51. The number of halogens is 2. The van der Waals surface area contributed by atoms with Gasteiger partial charge in [0.15, 0.2) is 5.78 Å². The first-order valence-corrected chi connectivity index (χ1v) is 8.00. The number of likely N-dealkylation sites (tertiary alicyclic amines) is 1. The zero-order valence-electron chi connectivity index (χ0n) is 11.1. The Kier molecular flexibility index (Phi) is 5.43. The van der Waals surface area contributed by atoms with Gasteiger partial charge in [-0.05, 0) is 32.0 Å². The highest BCUT2D eigenvalue weighted by Crippen LogP contribution is 2.31. The van der Waals surface area contributed by atoms with E-state index in [4.69, 9.17) is 23.2 Å². The van der Waals surface area contributed by atoms with Crippen molar-refractivity contribution in [3.8, 4) is 0 Å². The minimum atomic E-state index is -0.0171. The molecular formula is C13H16Cl2N2O2S. The van der Waals surface area contributed by atoms with Crippen molar-refractivity contribution in [2.45, 2.75) is 12.8 Å². The molecule has 0 aromatic carbocycles. The van der Waals surface area contributed by atoms with Crippen LogP contribution in [0.5, 0.6) is 0 Å². The molecule has 0 atom stereocenters. The van der Waals surface area contributed by atoms with Crippen molar-refractivity contribution >= 4 is 46.2 Å². The van der Waals surface area contributed by atoms with Crippen LogP contribution in [-0.2, 0) is 4.79 Å². The molecule has 0 spiro atoms. The van der Waals surface area contributed by atoms with Crippen molar-refractivity contribution in [1.82, 2.24) is 10.2 Å². The van der Waals surface area contributed by atoms with Gasteiger partial charge in [0, 0.05) is 13.0 Å². The maximum atomic E-state index is 12.2. The number of nitrogens with one attached hydrogen (secondary N) is 1. The number of ketones is 1. The zero-order chi connectivity index (χ0) is 14.7. The largest absolute Gasteiger partial charge is 0.359 e. The smallest absolute Gasteiger partial charge is 0.222 e. The lowest BCUT2D eigenvalue weighted by Crippen LogP contribution is -2.41. The van der Waals surface area contributed by atoms with Gasteiger partial charge in [-0.15, -0.1) is 11.3 Å². The van der Waals surface area contributed by atoms with Gasteiger partial charge < -0.3 is 5.32 Å². The first-order valence-electron chi connectivity index (χ1n) is 6.43. The number of piperidine rings is 1. The van der Waals surface area contributed by atoms with Gasteiger partial charge in [0.1, 0.15) is 4.34 Å². The molecule has 110 valence electrons. The van der Waals surface area contributed by atoms with Crippen molar-refractivity contribution in [1.29, 1.82) is 0 Å². The molecule has 7 heteroatoms. The fraction of sp³-hybridized carbons (Fsp3) is 0.538. The van der Waals surface area contributed by atoms with Gasteiger partial charge in [0.2, 0.25) is 5.91 Å². The molecule has 1 aromatic rings. The molecule has 0 unspecified atom stereocenters. The molecule has 4 nitrogen and oxygen atoms in total. The van der Waals surface area contributed by atoms with Crippen LogP contribution in [0.25, 0.3) is 0 Å². The maximum absolute atomic E-state index is 12.2. The van der Waals surface area contributed by atoms with E-state index in [1.54, 1.807) is 13.1 Å². The Labute approximate surface area is 132 Å². The van der Waals surface area contributed by atoms with Crippen molar-refractivity contribution in [3.63, 3.8) is 0 Å². The van der Waals surface area contributed by atoms with Crippen LogP contribution in [0.15, 0.2) is 6.07 Å². The van der Waals surface area contributed by atoms with E-state index < -0.39 is 0 Å². The Morgan fingerprint density at radius 1 is 1.40 bits per heavy atom. The van der Waals surface area contributed by atoms with Crippen molar-refractivity contribution in [2.24, 2.45) is 5.92 Å². The average molecular weight is 335 g/mol. The molecule has 1 amide bonds. The number of rotatable bonds is 4. The SMILES string of the molecule is CNC(=O)C1CCN(CC(=O)c2cc(Cl)sc2Cl)CC1. The Balaban J connectivity index is 1.88. The van der Waals surface area contributed by atoms with E-state index in [1.165, 1.54) is 11.3 Å².